The van der Waals surface area contributed by atoms with Gasteiger partial charge in [0.2, 0.25) is 10.0 Å². The summed E-state index contributed by atoms with van der Waals surface area (Å²) in [5.74, 6) is -0.330. The summed E-state index contributed by atoms with van der Waals surface area (Å²) in [6.07, 6.45) is -5.90. The molecular weight excluding hydrogens is 531 g/mol. The lowest BCUT2D eigenvalue weighted by Gasteiger charge is -2.32. The van der Waals surface area contributed by atoms with Gasteiger partial charge in [0, 0.05) is 34.9 Å². The number of anilines is 1. The lowest BCUT2D eigenvalue weighted by molar-refractivity contribution is -0.242. The zero-order valence-corrected chi connectivity index (χ0v) is 19.3. The van der Waals surface area contributed by atoms with Crippen molar-refractivity contribution in [1.82, 2.24) is 9.62 Å². The summed E-state index contributed by atoms with van der Waals surface area (Å²) in [5.41, 5.74) is -0.720. The van der Waals surface area contributed by atoms with Crippen LogP contribution in [0, 0.1) is 0 Å². The van der Waals surface area contributed by atoms with E-state index in [-0.39, 0.29) is 42.0 Å². The highest BCUT2D eigenvalue weighted by Gasteiger charge is 2.38. The molecular formula is C20H18BrF3N3O5S-. The SMILES string of the molecule is O=C([O-])Nc1ccc(C(=O)N2CCC(NS(=O)(=O)c3ccc(Br)cc3C(F)(F)F)CC2)cc1. The van der Waals surface area contributed by atoms with Crippen LogP contribution in [-0.4, -0.2) is 44.4 Å². The van der Waals surface area contributed by atoms with Crippen LogP contribution in [0.1, 0.15) is 28.8 Å². The highest BCUT2D eigenvalue weighted by Crippen LogP contribution is 2.36. The molecule has 0 unspecified atom stereocenters. The van der Waals surface area contributed by atoms with Gasteiger partial charge in [0.15, 0.2) is 0 Å². The molecule has 33 heavy (non-hydrogen) atoms. The molecule has 0 aromatic heterocycles. The number of carboxylic acid groups (broad SMARTS) is 1. The van der Waals surface area contributed by atoms with Crippen molar-refractivity contribution in [3.05, 3.63) is 58.1 Å². The first-order valence-electron chi connectivity index (χ1n) is 9.63. The van der Waals surface area contributed by atoms with Gasteiger partial charge in [-0.25, -0.2) is 13.1 Å². The molecule has 0 saturated carbocycles. The largest absolute Gasteiger partial charge is 0.530 e. The van der Waals surface area contributed by atoms with Crippen LogP contribution in [0.25, 0.3) is 0 Å². The maximum atomic E-state index is 13.3. The maximum absolute atomic E-state index is 13.3. The molecule has 2 aromatic rings. The summed E-state index contributed by atoms with van der Waals surface area (Å²) in [6, 6.07) is 7.87. The van der Waals surface area contributed by atoms with Crippen LogP contribution in [0.2, 0.25) is 0 Å². The summed E-state index contributed by atoms with van der Waals surface area (Å²) < 4.78 is 67.7. The number of likely N-dealkylation sites (tertiary alicyclic amines) is 1. The Labute approximate surface area is 196 Å². The van der Waals surface area contributed by atoms with Gasteiger partial charge >= 0.3 is 6.18 Å². The molecule has 0 radical (unpaired) electrons. The number of sulfonamides is 1. The number of rotatable bonds is 5. The van der Waals surface area contributed by atoms with Gasteiger partial charge in [-0.2, -0.15) is 13.2 Å². The number of nitrogens with one attached hydrogen (secondary N) is 2. The second kappa shape index (κ2) is 9.69. The topological polar surface area (TPSA) is 119 Å². The fourth-order valence-corrected chi connectivity index (χ4v) is 5.31. The smallest absolute Gasteiger partial charge is 0.417 e. The van der Waals surface area contributed by atoms with Crippen LogP contribution in [0.5, 0.6) is 0 Å². The number of nitrogens with zero attached hydrogens (tertiary/aromatic N) is 1. The summed E-state index contributed by atoms with van der Waals surface area (Å²) in [7, 11) is -4.45. The first kappa shape index (κ1) is 25.0. The second-order valence-corrected chi connectivity index (χ2v) is 9.91. The molecule has 0 atom stereocenters. The van der Waals surface area contributed by atoms with E-state index in [1.54, 1.807) is 0 Å². The van der Waals surface area contributed by atoms with E-state index in [0.29, 0.717) is 11.6 Å². The molecule has 178 valence electrons. The predicted molar refractivity (Wildman–Crippen MR) is 114 cm³/mol. The summed E-state index contributed by atoms with van der Waals surface area (Å²) in [6.45, 7) is 0.384. The molecule has 8 nitrogen and oxygen atoms in total. The van der Waals surface area contributed by atoms with E-state index in [4.69, 9.17) is 0 Å². The van der Waals surface area contributed by atoms with E-state index in [0.717, 1.165) is 6.07 Å². The van der Waals surface area contributed by atoms with Gasteiger partial charge in [-0.05, 0) is 55.3 Å². The number of halogens is 4. The Morgan fingerprint density at radius 1 is 1.06 bits per heavy atom. The minimum Gasteiger partial charge on any atom is -0.530 e. The third-order valence-corrected chi connectivity index (χ3v) is 7.09. The van der Waals surface area contributed by atoms with Gasteiger partial charge in [0.05, 0.1) is 10.5 Å². The van der Waals surface area contributed by atoms with Crippen molar-refractivity contribution < 1.29 is 36.3 Å². The minimum absolute atomic E-state index is 0.101. The maximum Gasteiger partial charge on any atom is 0.417 e. The molecule has 1 aliphatic heterocycles. The zero-order chi connectivity index (χ0) is 24.4. The second-order valence-electron chi connectivity index (χ2n) is 7.32. The van der Waals surface area contributed by atoms with Crippen molar-refractivity contribution in [2.45, 2.75) is 30.0 Å². The number of piperidine rings is 1. The lowest BCUT2D eigenvalue weighted by atomic mass is 10.0. The standard InChI is InChI=1S/C20H19BrF3N3O5S/c21-13-3-6-17(16(11-13)20(22,23)24)33(31,32)26-15-7-9-27(10-8-15)18(28)12-1-4-14(5-2-12)25-19(29)30/h1-6,11,15,25-26H,7-10H2,(H,29,30)/p-1. The van der Waals surface area contributed by atoms with Gasteiger partial charge in [-0.3, -0.25) is 4.79 Å². The van der Waals surface area contributed by atoms with Gasteiger partial charge < -0.3 is 20.1 Å². The van der Waals surface area contributed by atoms with Crippen LogP contribution in [0.4, 0.5) is 23.7 Å². The molecule has 0 aliphatic carbocycles. The number of carbonyl (C=O) groups excluding carboxylic acids is 2. The van der Waals surface area contributed by atoms with E-state index in [1.165, 1.54) is 35.2 Å². The van der Waals surface area contributed by atoms with Crippen molar-refractivity contribution in [3.8, 4) is 0 Å². The number of alkyl halides is 3. The Kier molecular flexibility index (Phi) is 7.34. The van der Waals surface area contributed by atoms with Crippen LogP contribution in [0.3, 0.4) is 0 Å². The minimum atomic E-state index is -4.85. The van der Waals surface area contributed by atoms with Crippen molar-refractivity contribution in [2.24, 2.45) is 0 Å². The Bertz CT molecular complexity index is 1150. The number of benzene rings is 2. The number of hydrogen-bond acceptors (Lipinski definition) is 5. The first-order valence-corrected chi connectivity index (χ1v) is 11.9. The monoisotopic (exact) mass is 548 g/mol. The first-order chi connectivity index (χ1) is 15.4. The average Bonchev–Trinajstić information content (AvgIpc) is 2.73. The Morgan fingerprint density at radius 3 is 2.21 bits per heavy atom. The molecule has 2 N–H and O–H groups in total. The molecule has 2 aromatic carbocycles. The van der Waals surface area contributed by atoms with Gasteiger partial charge in [0.25, 0.3) is 5.91 Å². The quantitative estimate of drug-likeness (QED) is 0.595. The van der Waals surface area contributed by atoms with E-state index < -0.39 is 38.8 Å². The van der Waals surface area contributed by atoms with Crippen LogP contribution in [0.15, 0.2) is 51.8 Å². The lowest BCUT2D eigenvalue weighted by Crippen LogP contribution is -2.46. The Hall–Kier alpha value is -2.64. The third-order valence-electron chi connectivity index (χ3n) is 5.02. The van der Waals surface area contributed by atoms with Gasteiger partial charge in [-0.1, -0.05) is 15.9 Å². The molecule has 0 bridgehead atoms. The van der Waals surface area contributed by atoms with E-state index in [1.807, 2.05) is 0 Å². The van der Waals surface area contributed by atoms with Crippen LogP contribution >= 0.6 is 15.9 Å². The average molecular weight is 549 g/mol. The molecule has 2 amide bonds. The Balaban J connectivity index is 1.65. The third kappa shape index (κ3) is 6.24. The number of hydrogen-bond donors (Lipinski definition) is 2. The molecule has 1 saturated heterocycles. The molecule has 13 heteroatoms. The van der Waals surface area contributed by atoms with Crippen molar-refractivity contribution in [3.63, 3.8) is 0 Å². The summed E-state index contributed by atoms with van der Waals surface area (Å²) >= 11 is 2.92. The Morgan fingerprint density at radius 2 is 1.67 bits per heavy atom. The summed E-state index contributed by atoms with van der Waals surface area (Å²) in [4.78, 5) is 23.8. The summed E-state index contributed by atoms with van der Waals surface area (Å²) in [5, 5.41) is 12.6. The zero-order valence-electron chi connectivity index (χ0n) is 16.9. The normalized spacial score (nSPS) is 15.3. The van der Waals surface area contributed by atoms with E-state index in [2.05, 4.69) is 26.0 Å². The molecule has 1 heterocycles. The van der Waals surface area contributed by atoms with E-state index >= 15 is 0 Å². The van der Waals surface area contributed by atoms with Gasteiger partial charge in [0.1, 0.15) is 6.09 Å². The number of carbonyl (C=O) groups is 2. The predicted octanol–water partition coefficient (Wildman–Crippen LogP) is 2.81. The van der Waals surface area contributed by atoms with E-state index in [9.17, 15) is 36.3 Å². The van der Waals surface area contributed by atoms with Crippen LogP contribution < -0.4 is 15.1 Å². The van der Waals surface area contributed by atoms with Gasteiger partial charge in [-0.15, -0.1) is 0 Å². The number of amides is 2. The van der Waals surface area contributed by atoms with Crippen molar-refractivity contribution in [1.29, 1.82) is 0 Å². The van der Waals surface area contributed by atoms with Crippen molar-refractivity contribution in [2.75, 3.05) is 18.4 Å². The highest BCUT2D eigenvalue weighted by molar-refractivity contribution is 9.10. The highest BCUT2D eigenvalue weighted by atomic mass is 79.9. The fourth-order valence-electron chi connectivity index (χ4n) is 3.44. The van der Waals surface area contributed by atoms with Crippen LogP contribution in [-0.2, 0) is 16.2 Å². The molecule has 1 aliphatic rings. The van der Waals surface area contributed by atoms with Crippen molar-refractivity contribution >= 4 is 43.6 Å². The molecule has 0 spiro atoms. The molecule has 1 fully saturated rings. The fraction of sp³-hybridized carbons (Fsp3) is 0.300. The molecule has 3 rings (SSSR count).